The fourth-order valence-electron chi connectivity index (χ4n) is 1.38. The lowest BCUT2D eigenvalue weighted by molar-refractivity contribution is -0.626. The van der Waals surface area contributed by atoms with Gasteiger partial charge in [-0.15, -0.1) is 0 Å². The Balaban J connectivity index is -0.00000163. The Morgan fingerprint density at radius 3 is 1.45 bits per heavy atom. The highest BCUT2D eigenvalue weighted by Gasteiger charge is 2.86. The van der Waals surface area contributed by atoms with E-state index in [1.165, 1.54) is 0 Å². The zero-order valence-corrected chi connectivity index (χ0v) is 12.7. The Morgan fingerprint density at radius 1 is 0.793 bits per heavy atom. The molecule has 0 saturated carbocycles. The summed E-state index contributed by atoms with van der Waals surface area (Å²) in [5.74, 6) is -17.8. The molecular formula is C12H16F14O3. The Bertz CT molecular complexity index is 521. The van der Waals surface area contributed by atoms with Gasteiger partial charge in [-0.3, -0.25) is 18.6 Å². The number of hydrogen-bond acceptors (Lipinski definition) is 3. The van der Waals surface area contributed by atoms with Crippen molar-refractivity contribution in [1.29, 1.82) is 0 Å². The molecule has 1 saturated heterocycles. The summed E-state index contributed by atoms with van der Waals surface area (Å²) >= 11 is 0. The Morgan fingerprint density at radius 2 is 1.17 bits per heavy atom. The van der Waals surface area contributed by atoms with Crippen LogP contribution in [0.1, 0.15) is 21.8 Å². The summed E-state index contributed by atoms with van der Waals surface area (Å²) in [5, 5.41) is 0. The molecule has 180 valence electrons. The van der Waals surface area contributed by atoms with E-state index in [9.17, 15) is 61.5 Å². The first kappa shape index (κ1) is 32.6. The van der Waals surface area contributed by atoms with E-state index in [4.69, 9.17) is 0 Å². The summed E-state index contributed by atoms with van der Waals surface area (Å²) < 4.78 is 184. The van der Waals surface area contributed by atoms with E-state index in [1.807, 2.05) is 0 Å². The van der Waals surface area contributed by atoms with Gasteiger partial charge in [0.25, 0.3) is 0 Å². The van der Waals surface area contributed by atoms with Crippen molar-refractivity contribution >= 4 is 0 Å². The molecule has 1 fully saturated rings. The maximum Gasteiger partial charge on any atom is 0.457 e. The van der Waals surface area contributed by atoms with Crippen molar-refractivity contribution in [3.63, 3.8) is 0 Å². The molecule has 4 atom stereocenters. The van der Waals surface area contributed by atoms with Crippen LogP contribution in [0.3, 0.4) is 0 Å². The first-order valence-corrected chi connectivity index (χ1v) is 5.99. The molecule has 17 heteroatoms. The van der Waals surface area contributed by atoms with Crippen LogP contribution in [-0.4, -0.2) is 55.9 Å². The molecule has 0 aromatic carbocycles. The minimum absolute atomic E-state index is 0. The van der Waals surface area contributed by atoms with Crippen LogP contribution in [0.5, 0.6) is 0 Å². The van der Waals surface area contributed by atoms with E-state index in [0.717, 1.165) is 0 Å². The highest BCUT2D eigenvalue weighted by Crippen LogP contribution is 2.59. The number of hydrogen-bond donors (Lipinski definition) is 0. The molecule has 4 unspecified atom stereocenters. The average Bonchev–Trinajstić information content (AvgIpc) is 2.44. The highest BCUT2D eigenvalue weighted by molar-refractivity contribution is 4.98. The molecule has 0 aromatic heterocycles. The van der Waals surface area contributed by atoms with Gasteiger partial charge in [-0.1, -0.05) is 14.9 Å². The molecule has 0 aromatic rings. The molecule has 1 aliphatic rings. The monoisotopic (exact) mass is 474 g/mol. The van der Waals surface area contributed by atoms with Crippen molar-refractivity contribution in [2.45, 2.75) is 63.8 Å². The molecule has 3 nitrogen and oxygen atoms in total. The van der Waals surface area contributed by atoms with Crippen molar-refractivity contribution in [2.24, 2.45) is 0 Å². The van der Waals surface area contributed by atoms with Gasteiger partial charge in [0.15, 0.2) is 6.67 Å². The van der Waals surface area contributed by atoms with Crippen LogP contribution in [-0.2, 0) is 14.2 Å². The quantitative estimate of drug-likeness (QED) is 0.454. The SMILES string of the molecule is C.C.CC1(F)OC(F)(OC(F)(CF)C(F)(F)F)C(F)(C(F)(F)F)OC1(F)F.CF. The van der Waals surface area contributed by atoms with Crippen molar-refractivity contribution in [3.05, 3.63) is 0 Å². The lowest BCUT2D eigenvalue weighted by atomic mass is 10.1. The van der Waals surface area contributed by atoms with Gasteiger partial charge in [-0.05, 0) is 0 Å². The molecule has 1 heterocycles. The van der Waals surface area contributed by atoms with Crippen LogP contribution in [0, 0.1) is 0 Å². The van der Waals surface area contributed by atoms with Crippen molar-refractivity contribution < 1.29 is 75.7 Å². The average molecular weight is 474 g/mol. The molecule has 0 amide bonds. The summed E-state index contributed by atoms with van der Waals surface area (Å²) in [4.78, 5) is 0. The van der Waals surface area contributed by atoms with E-state index < -0.39 is 55.7 Å². The second kappa shape index (κ2) is 8.95. The summed E-state index contributed by atoms with van der Waals surface area (Å²) in [6.45, 7) is -4.07. The van der Waals surface area contributed by atoms with Gasteiger partial charge in [-0.25, -0.2) is 8.78 Å². The van der Waals surface area contributed by atoms with Crippen LogP contribution < -0.4 is 0 Å². The van der Waals surface area contributed by atoms with Crippen molar-refractivity contribution in [2.75, 3.05) is 13.9 Å². The van der Waals surface area contributed by atoms with E-state index in [0.29, 0.717) is 7.18 Å². The molecule has 1 aliphatic heterocycles. The maximum atomic E-state index is 14.0. The van der Waals surface area contributed by atoms with Gasteiger partial charge in [0.2, 0.25) is 0 Å². The fourth-order valence-corrected chi connectivity index (χ4v) is 1.38. The highest BCUT2D eigenvalue weighted by atomic mass is 19.4. The molecule has 0 spiro atoms. The Hall–Kier alpha value is -1.10. The fraction of sp³-hybridized carbons (Fsp3) is 1.00. The Kier molecular flexibility index (Phi) is 10.1. The van der Waals surface area contributed by atoms with Crippen LogP contribution in [0.4, 0.5) is 61.5 Å². The summed E-state index contributed by atoms with van der Waals surface area (Å²) in [6, 6.07) is -6.35. The zero-order chi connectivity index (χ0) is 22.3. The first-order valence-electron chi connectivity index (χ1n) is 5.99. The predicted octanol–water partition coefficient (Wildman–Crippen LogP) is 6.24. The third-order valence-electron chi connectivity index (χ3n) is 2.75. The predicted molar refractivity (Wildman–Crippen MR) is 67.8 cm³/mol. The van der Waals surface area contributed by atoms with E-state index in [1.54, 1.807) is 0 Å². The largest absolute Gasteiger partial charge is 0.457 e. The first-order chi connectivity index (χ1) is 11.7. The summed E-state index contributed by atoms with van der Waals surface area (Å²) in [5.41, 5.74) is 0. The van der Waals surface area contributed by atoms with Crippen molar-refractivity contribution in [1.82, 2.24) is 0 Å². The second-order valence-electron chi connectivity index (χ2n) is 4.73. The third kappa shape index (κ3) is 5.34. The second-order valence-corrected chi connectivity index (χ2v) is 4.73. The van der Waals surface area contributed by atoms with Gasteiger partial charge < -0.3 is 0 Å². The molecule has 1 rings (SSSR count). The standard InChI is InChI=1S/C9H5F13O3.CH3F.2CH4/c1-3(11)8(20,21)25-5(13,7(17,18)19)9(22,23-3)24-4(12,2-10)6(14,15)16;1-2;;/h2H2,1H3;1H3;2*1H4. The maximum absolute atomic E-state index is 14.0. The van der Waals surface area contributed by atoms with Crippen molar-refractivity contribution in [3.8, 4) is 0 Å². The smallest absolute Gasteiger partial charge is 0.273 e. The van der Waals surface area contributed by atoms with E-state index in [2.05, 4.69) is 14.2 Å². The molecule has 0 N–H and O–H groups in total. The van der Waals surface area contributed by atoms with Crippen LogP contribution in [0.25, 0.3) is 0 Å². The van der Waals surface area contributed by atoms with Gasteiger partial charge >= 0.3 is 42.1 Å². The number of ether oxygens (including phenoxy) is 3. The van der Waals surface area contributed by atoms with Crippen LogP contribution in [0.2, 0.25) is 0 Å². The third-order valence-corrected chi connectivity index (χ3v) is 2.75. The van der Waals surface area contributed by atoms with Gasteiger partial charge in [0.1, 0.15) is 0 Å². The van der Waals surface area contributed by atoms with E-state index in [-0.39, 0.29) is 14.9 Å². The van der Waals surface area contributed by atoms with Gasteiger partial charge in [0, 0.05) is 6.92 Å². The summed E-state index contributed by atoms with van der Waals surface area (Å²) in [7, 11) is 0.500. The van der Waals surface area contributed by atoms with Crippen LogP contribution in [0.15, 0.2) is 0 Å². The summed E-state index contributed by atoms with van der Waals surface area (Å²) in [6.07, 6.45) is -19.6. The van der Waals surface area contributed by atoms with Gasteiger partial charge in [0.05, 0.1) is 7.18 Å². The minimum atomic E-state index is -7.01. The van der Waals surface area contributed by atoms with Crippen LogP contribution >= 0.6 is 0 Å². The molecule has 0 bridgehead atoms. The number of rotatable bonds is 3. The number of alkyl halides is 14. The van der Waals surface area contributed by atoms with E-state index >= 15 is 0 Å². The van der Waals surface area contributed by atoms with Gasteiger partial charge in [-0.2, -0.15) is 48.3 Å². The molecular weight excluding hydrogens is 458 g/mol. The zero-order valence-electron chi connectivity index (χ0n) is 12.7. The Labute approximate surface area is 154 Å². The number of halogens is 14. The minimum Gasteiger partial charge on any atom is -0.273 e. The lowest BCUT2D eigenvalue weighted by Gasteiger charge is -2.49. The topological polar surface area (TPSA) is 27.7 Å². The normalized spacial score (nSPS) is 33.9. The lowest BCUT2D eigenvalue weighted by Crippen LogP contribution is -2.75. The molecule has 29 heavy (non-hydrogen) atoms. The molecule has 0 radical (unpaired) electrons. The molecule has 0 aliphatic carbocycles.